The number of benzene rings is 1. The van der Waals surface area contributed by atoms with E-state index in [9.17, 15) is 9.32 Å². The Hall–Kier alpha value is -1.33. The maximum Gasteiger partial charge on any atom is 0.239 e. The second kappa shape index (κ2) is 5.14. The molecule has 0 spiro atoms. The van der Waals surface area contributed by atoms with Gasteiger partial charge in [0.05, 0.1) is 0 Å². The normalized spacial score (nSPS) is 15.9. The molecule has 2 N–H and O–H groups in total. The van der Waals surface area contributed by atoms with Gasteiger partial charge in [-0.1, -0.05) is 22.4 Å². The second-order valence-corrected chi connectivity index (χ2v) is 6.36. The standard InChI is InChI=1S/C11H16N2O2S/c1-13(2)16(3,15)9-11(14)12-10-7-5-4-6-8-10/h4-9H,1-3H3,(H-,12,14,15)/p+1. The van der Waals surface area contributed by atoms with E-state index in [1.165, 1.54) is 5.41 Å². The third-order valence-electron chi connectivity index (χ3n) is 2.10. The van der Waals surface area contributed by atoms with Crippen molar-refractivity contribution in [2.75, 3.05) is 25.7 Å². The molecule has 1 unspecified atom stereocenters. The molecular formula is C11H17N2O2S+. The highest BCUT2D eigenvalue weighted by molar-refractivity contribution is 8.02. The van der Waals surface area contributed by atoms with Crippen LogP contribution in [0.1, 0.15) is 0 Å². The highest BCUT2D eigenvalue weighted by atomic mass is 32.3. The van der Waals surface area contributed by atoms with Gasteiger partial charge < -0.3 is 10.4 Å². The Balaban J connectivity index is 2.77. The summed E-state index contributed by atoms with van der Waals surface area (Å²) < 4.78 is 13.5. The van der Waals surface area contributed by atoms with Gasteiger partial charge in [-0.15, -0.1) is 4.31 Å². The quantitative estimate of drug-likeness (QED) is 0.626. The fourth-order valence-corrected chi connectivity index (χ4v) is 1.70. The molecule has 1 aromatic carbocycles. The lowest BCUT2D eigenvalue weighted by molar-refractivity contribution is 0.420. The van der Waals surface area contributed by atoms with E-state index in [2.05, 4.69) is 5.32 Å². The highest BCUT2D eigenvalue weighted by Gasteiger charge is 2.23. The van der Waals surface area contributed by atoms with Gasteiger partial charge >= 0.3 is 0 Å². The van der Waals surface area contributed by atoms with Gasteiger partial charge in [0.25, 0.3) is 0 Å². The Morgan fingerprint density at radius 3 is 2.44 bits per heavy atom. The molecule has 0 aliphatic carbocycles. The minimum absolute atomic E-state index is 0.104. The summed E-state index contributed by atoms with van der Waals surface area (Å²) in [4.78, 5) is 0. The SMILES string of the molecule is CN(C)[S+](C)(=O)/C=C(\O)Nc1ccccc1. The van der Waals surface area contributed by atoms with E-state index in [4.69, 9.17) is 0 Å². The first-order chi connectivity index (χ1) is 7.42. The lowest BCUT2D eigenvalue weighted by Crippen LogP contribution is -2.26. The van der Waals surface area contributed by atoms with Crippen LogP contribution in [0.2, 0.25) is 0 Å². The largest absolute Gasteiger partial charge is 0.491 e. The number of rotatable bonds is 4. The van der Waals surface area contributed by atoms with Crippen molar-refractivity contribution in [3.8, 4) is 0 Å². The third kappa shape index (κ3) is 3.67. The topological polar surface area (TPSA) is 52.6 Å². The van der Waals surface area contributed by atoms with E-state index < -0.39 is 10.1 Å². The maximum atomic E-state index is 11.9. The summed E-state index contributed by atoms with van der Waals surface area (Å²) in [5.74, 6) is -0.104. The van der Waals surface area contributed by atoms with E-state index >= 15 is 0 Å². The molecule has 1 atom stereocenters. The molecule has 1 rings (SSSR count). The van der Waals surface area contributed by atoms with Crippen LogP contribution in [0.25, 0.3) is 0 Å². The Morgan fingerprint density at radius 2 is 1.94 bits per heavy atom. The first-order valence-electron chi connectivity index (χ1n) is 4.81. The van der Waals surface area contributed by atoms with E-state index in [1.54, 1.807) is 24.7 Å². The van der Waals surface area contributed by atoms with Crippen LogP contribution in [-0.4, -0.2) is 29.8 Å². The summed E-state index contributed by atoms with van der Waals surface area (Å²) >= 11 is 0. The Kier molecular flexibility index (Phi) is 4.09. The molecule has 1 aromatic rings. The van der Waals surface area contributed by atoms with Crippen molar-refractivity contribution < 1.29 is 9.32 Å². The van der Waals surface area contributed by atoms with E-state index in [1.807, 2.05) is 30.3 Å². The number of hydrogen-bond acceptors (Lipinski definition) is 3. The Labute approximate surface area is 97.1 Å². The summed E-state index contributed by atoms with van der Waals surface area (Å²) in [6, 6.07) is 9.22. The fourth-order valence-electron chi connectivity index (χ4n) is 1.01. The molecule has 4 nitrogen and oxygen atoms in total. The first kappa shape index (κ1) is 12.7. The average molecular weight is 241 g/mol. The zero-order valence-corrected chi connectivity index (χ0v) is 10.5. The summed E-state index contributed by atoms with van der Waals surface area (Å²) in [5, 5.41) is 13.7. The van der Waals surface area contributed by atoms with Gasteiger partial charge in [0.1, 0.15) is 6.26 Å². The van der Waals surface area contributed by atoms with Crippen LogP contribution in [0.4, 0.5) is 5.69 Å². The molecule has 16 heavy (non-hydrogen) atoms. The number of aliphatic hydroxyl groups excluding tert-OH is 1. The zero-order valence-electron chi connectivity index (χ0n) is 9.68. The summed E-state index contributed by atoms with van der Waals surface area (Å²) in [6.45, 7) is 0. The molecule has 0 saturated carbocycles. The summed E-state index contributed by atoms with van der Waals surface area (Å²) in [6.07, 6.45) is 1.57. The van der Waals surface area contributed by atoms with Crippen molar-refractivity contribution in [3.05, 3.63) is 41.6 Å². The molecule has 0 bridgehead atoms. The van der Waals surface area contributed by atoms with Crippen LogP contribution in [0, 0.1) is 0 Å². The van der Waals surface area contributed by atoms with Crippen LogP contribution >= 0.6 is 0 Å². The zero-order chi connectivity index (χ0) is 12.2. The first-order valence-corrected chi connectivity index (χ1v) is 6.80. The van der Waals surface area contributed by atoms with Gasteiger partial charge in [-0.25, -0.2) is 0 Å². The van der Waals surface area contributed by atoms with Crippen LogP contribution in [0.15, 0.2) is 41.6 Å². The van der Waals surface area contributed by atoms with Crippen molar-refractivity contribution in [1.82, 2.24) is 4.31 Å². The van der Waals surface area contributed by atoms with Crippen molar-refractivity contribution in [2.45, 2.75) is 0 Å². The third-order valence-corrected chi connectivity index (χ3v) is 4.21. The lowest BCUT2D eigenvalue weighted by Gasteiger charge is -2.10. The van der Waals surface area contributed by atoms with Crippen LogP contribution in [0.5, 0.6) is 0 Å². The van der Waals surface area contributed by atoms with Crippen LogP contribution in [0.3, 0.4) is 0 Å². The molecule has 0 fully saturated rings. The minimum atomic E-state index is -2.31. The lowest BCUT2D eigenvalue weighted by atomic mass is 10.3. The molecule has 0 amide bonds. The molecule has 0 aliphatic heterocycles. The summed E-state index contributed by atoms with van der Waals surface area (Å²) in [7, 11) is 1.10. The number of nitrogens with zero attached hydrogens (tertiary/aromatic N) is 1. The molecule has 0 saturated heterocycles. The van der Waals surface area contributed by atoms with Crippen molar-refractivity contribution in [3.63, 3.8) is 0 Å². The molecule has 0 aliphatic rings. The van der Waals surface area contributed by atoms with E-state index in [-0.39, 0.29) is 5.88 Å². The summed E-state index contributed by atoms with van der Waals surface area (Å²) in [5.41, 5.74) is 0.755. The molecular weight excluding hydrogens is 224 g/mol. The molecule has 88 valence electrons. The highest BCUT2D eigenvalue weighted by Crippen LogP contribution is 2.12. The van der Waals surface area contributed by atoms with Gasteiger partial charge in [-0.2, -0.15) is 0 Å². The second-order valence-electron chi connectivity index (χ2n) is 3.67. The average Bonchev–Trinajstić information content (AvgIpc) is 2.17. The number of anilines is 1. The molecule has 0 aromatic heterocycles. The van der Waals surface area contributed by atoms with Crippen molar-refractivity contribution in [2.24, 2.45) is 0 Å². The smallest absolute Gasteiger partial charge is 0.239 e. The molecule has 0 radical (unpaired) electrons. The van der Waals surface area contributed by atoms with Gasteiger partial charge in [-0.3, -0.25) is 0 Å². The van der Waals surface area contributed by atoms with Crippen LogP contribution < -0.4 is 5.32 Å². The predicted molar refractivity (Wildman–Crippen MR) is 68.4 cm³/mol. The van der Waals surface area contributed by atoms with Gasteiger partial charge in [-0.05, 0) is 12.1 Å². The number of para-hydroxylation sites is 1. The molecule has 5 heteroatoms. The van der Waals surface area contributed by atoms with Gasteiger partial charge in [0.15, 0.2) is 10.1 Å². The van der Waals surface area contributed by atoms with Gasteiger partial charge in [0.2, 0.25) is 11.3 Å². The minimum Gasteiger partial charge on any atom is -0.491 e. The Morgan fingerprint density at radius 1 is 1.38 bits per heavy atom. The van der Waals surface area contributed by atoms with Crippen molar-refractivity contribution in [1.29, 1.82) is 0 Å². The fraction of sp³-hybridized carbons (Fsp3) is 0.273. The number of hydrogen-bond donors (Lipinski definition) is 2. The van der Waals surface area contributed by atoms with E-state index in [0.717, 1.165) is 5.69 Å². The monoisotopic (exact) mass is 241 g/mol. The van der Waals surface area contributed by atoms with Crippen LogP contribution in [-0.2, 0) is 14.3 Å². The number of aliphatic hydroxyl groups is 1. The van der Waals surface area contributed by atoms with Crippen molar-refractivity contribution >= 4 is 15.8 Å². The molecule has 0 heterocycles. The van der Waals surface area contributed by atoms with E-state index in [0.29, 0.717) is 0 Å². The predicted octanol–water partition coefficient (Wildman–Crippen LogP) is 2.06. The Bertz CT molecular complexity index is 415. The van der Waals surface area contributed by atoms with Gasteiger partial charge in [0, 0.05) is 19.8 Å². The maximum absolute atomic E-state index is 11.9. The number of nitrogens with one attached hydrogen (secondary N) is 1.